The topological polar surface area (TPSA) is 56.7 Å². The van der Waals surface area contributed by atoms with Crippen LogP contribution in [0.5, 0.6) is 0 Å². The summed E-state index contributed by atoms with van der Waals surface area (Å²) < 4.78 is 1.89. The van der Waals surface area contributed by atoms with E-state index in [1.165, 1.54) is 0 Å². The van der Waals surface area contributed by atoms with Gasteiger partial charge in [0.1, 0.15) is 0 Å². The number of para-hydroxylation sites is 1. The molecular weight excluding hydrogens is 260 g/mol. The van der Waals surface area contributed by atoms with Crippen LogP contribution in [-0.2, 0) is 6.54 Å². The number of benzene rings is 2. The number of aromatic nitrogens is 3. The summed E-state index contributed by atoms with van der Waals surface area (Å²) in [7, 11) is 0. The van der Waals surface area contributed by atoms with Crippen LogP contribution >= 0.6 is 0 Å². The number of pyridine rings is 1. The quantitative estimate of drug-likeness (QED) is 0.611. The third-order valence-corrected chi connectivity index (χ3v) is 3.75. The van der Waals surface area contributed by atoms with Gasteiger partial charge in [-0.1, -0.05) is 42.5 Å². The van der Waals surface area contributed by atoms with Gasteiger partial charge >= 0.3 is 0 Å². The molecule has 4 aromatic rings. The van der Waals surface area contributed by atoms with Crippen LogP contribution in [0.4, 0.5) is 0 Å². The van der Waals surface area contributed by atoms with Gasteiger partial charge < -0.3 is 5.73 Å². The minimum absolute atomic E-state index is 0.480. The van der Waals surface area contributed by atoms with Crippen molar-refractivity contribution in [3.05, 3.63) is 66.5 Å². The van der Waals surface area contributed by atoms with Crippen molar-refractivity contribution < 1.29 is 0 Å². The molecule has 2 N–H and O–H groups in total. The second-order valence-electron chi connectivity index (χ2n) is 4.97. The zero-order valence-corrected chi connectivity index (χ0v) is 11.4. The summed E-state index contributed by atoms with van der Waals surface area (Å²) in [5.41, 5.74) is 7.91. The fraction of sp³-hybridized carbons (Fsp3) is 0.0588. The molecule has 2 aromatic heterocycles. The number of nitrogens with zero attached hydrogens (tertiary/aromatic N) is 3. The lowest BCUT2D eigenvalue weighted by molar-refractivity contribution is 0.880. The average Bonchev–Trinajstić information content (AvgIpc) is 2.98. The Morgan fingerprint density at radius 2 is 1.67 bits per heavy atom. The minimum Gasteiger partial charge on any atom is -0.326 e. The van der Waals surface area contributed by atoms with Crippen LogP contribution < -0.4 is 5.73 Å². The van der Waals surface area contributed by atoms with E-state index in [4.69, 9.17) is 5.73 Å². The van der Waals surface area contributed by atoms with Gasteiger partial charge in [0.05, 0.1) is 11.7 Å². The van der Waals surface area contributed by atoms with E-state index in [9.17, 15) is 0 Å². The predicted molar refractivity (Wildman–Crippen MR) is 84.3 cm³/mol. The Hall–Kier alpha value is -2.72. The van der Waals surface area contributed by atoms with E-state index in [0.29, 0.717) is 6.54 Å². The molecule has 0 radical (unpaired) electrons. The van der Waals surface area contributed by atoms with Crippen molar-refractivity contribution in [2.45, 2.75) is 6.54 Å². The van der Waals surface area contributed by atoms with Crippen LogP contribution in [0.15, 0.2) is 60.9 Å². The van der Waals surface area contributed by atoms with Crippen molar-refractivity contribution >= 4 is 21.7 Å². The monoisotopic (exact) mass is 274 g/mol. The number of nitrogens with two attached hydrogens (primary N) is 1. The molecule has 0 bridgehead atoms. The normalized spacial score (nSPS) is 11.3. The molecule has 0 spiro atoms. The summed E-state index contributed by atoms with van der Waals surface area (Å²) >= 11 is 0. The molecule has 2 heterocycles. The highest BCUT2D eigenvalue weighted by molar-refractivity contribution is 5.92. The first-order valence-electron chi connectivity index (χ1n) is 6.88. The molecule has 0 amide bonds. The van der Waals surface area contributed by atoms with Gasteiger partial charge in [0.2, 0.25) is 0 Å². The Bertz CT molecular complexity index is 940. The Morgan fingerprint density at radius 3 is 2.52 bits per heavy atom. The Labute approximate surface area is 121 Å². The first-order chi connectivity index (χ1) is 10.4. The van der Waals surface area contributed by atoms with Crippen molar-refractivity contribution in [3.8, 4) is 5.82 Å². The molecular formula is C17H14N4. The van der Waals surface area contributed by atoms with Crippen molar-refractivity contribution in [3.63, 3.8) is 0 Å². The van der Waals surface area contributed by atoms with Gasteiger partial charge in [-0.2, -0.15) is 5.10 Å². The minimum atomic E-state index is 0.480. The second kappa shape index (κ2) is 4.68. The molecule has 0 atom stereocenters. The Kier molecular flexibility index (Phi) is 2.69. The SMILES string of the molecule is NCc1cnc(-n2ncc3ccccc32)c2ccccc12. The first-order valence-corrected chi connectivity index (χ1v) is 6.88. The van der Waals surface area contributed by atoms with Gasteiger partial charge in [-0.05, 0) is 17.0 Å². The fourth-order valence-corrected chi connectivity index (χ4v) is 2.71. The van der Waals surface area contributed by atoms with E-state index in [-0.39, 0.29) is 0 Å². The van der Waals surface area contributed by atoms with E-state index in [2.05, 4.69) is 34.3 Å². The van der Waals surface area contributed by atoms with E-state index in [1.54, 1.807) is 0 Å². The molecule has 0 aliphatic carbocycles. The molecule has 2 aromatic carbocycles. The summed E-state index contributed by atoms with van der Waals surface area (Å²) in [6.07, 6.45) is 3.71. The summed E-state index contributed by atoms with van der Waals surface area (Å²) in [4.78, 5) is 4.59. The summed E-state index contributed by atoms with van der Waals surface area (Å²) in [6, 6.07) is 16.3. The molecule has 4 heteroatoms. The number of rotatable bonds is 2. The maximum atomic E-state index is 5.81. The smallest absolute Gasteiger partial charge is 0.161 e. The van der Waals surface area contributed by atoms with E-state index < -0.39 is 0 Å². The second-order valence-corrected chi connectivity index (χ2v) is 4.97. The zero-order chi connectivity index (χ0) is 14.2. The van der Waals surface area contributed by atoms with Crippen LogP contribution in [0, 0.1) is 0 Å². The summed E-state index contributed by atoms with van der Waals surface area (Å²) in [5.74, 6) is 0.837. The molecule has 0 aliphatic rings. The highest BCUT2D eigenvalue weighted by Crippen LogP contribution is 2.25. The van der Waals surface area contributed by atoms with Crippen LogP contribution in [0.3, 0.4) is 0 Å². The van der Waals surface area contributed by atoms with E-state index >= 15 is 0 Å². The highest BCUT2D eigenvalue weighted by Gasteiger charge is 2.11. The largest absolute Gasteiger partial charge is 0.326 e. The standard InChI is InChI=1S/C17H14N4/c18-9-13-10-19-17(15-7-3-2-6-14(13)15)21-16-8-4-1-5-12(16)11-20-21/h1-8,10-11H,9,18H2. The van der Waals surface area contributed by atoms with Crippen LogP contribution in [-0.4, -0.2) is 14.8 Å². The predicted octanol–water partition coefficient (Wildman–Crippen LogP) is 3.03. The molecule has 0 aliphatic heterocycles. The van der Waals surface area contributed by atoms with Gasteiger partial charge in [-0.25, -0.2) is 9.67 Å². The molecule has 4 nitrogen and oxygen atoms in total. The van der Waals surface area contributed by atoms with Crippen molar-refractivity contribution in [1.29, 1.82) is 0 Å². The summed E-state index contributed by atoms with van der Waals surface area (Å²) in [6.45, 7) is 0.480. The number of hydrogen-bond acceptors (Lipinski definition) is 3. The third-order valence-electron chi connectivity index (χ3n) is 3.75. The lowest BCUT2D eigenvalue weighted by Gasteiger charge is -2.10. The number of fused-ring (bicyclic) bond motifs is 2. The van der Waals surface area contributed by atoms with Crippen LogP contribution in [0.2, 0.25) is 0 Å². The zero-order valence-electron chi connectivity index (χ0n) is 11.4. The van der Waals surface area contributed by atoms with Crippen LogP contribution in [0.1, 0.15) is 5.56 Å². The highest BCUT2D eigenvalue weighted by atomic mass is 15.3. The molecule has 0 unspecified atom stereocenters. The molecule has 21 heavy (non-hydrogen) atoms. The first kappa shape index (κ1) is 12.1. The molecule has 0 saturated carbocycles. The molecule has 102 valence electrons. The van der Waals surface area contributed by atoms with Gasteiger partial charge in [0.25, 0.3) is 0 Å². The van der Waals surface area contributed by atoms with Gasteiger partial charge in [0.15, 0.2) is 5.82 Å². The maximum absolute atomic E-state index is 5.81. The molecule has 0 fully saturated rings. The van der Waals surface area contributed by atoms with Gasteiger partial charge in [-0.3, -0.25) is 0 Å². The van der Waals surface area contributed by atoms with Crippen molar-refractivity contribution in [2.24, 2.45) is 5.73 Å². The molecule has 4 rings (SSSR count). The summed E-state index contributed by atoms with van der Waals surface area (Å²) in [5, 5.41) is 7.79. The Balaban J connectivity index is 2.07. The average molecular weight is 274 g/mol. The number of hydrogen-bond donors (Lipinski definition) is 1. The fourth-order valence-electron chi connectivity index (χ4n) is 2.71. The van der Waals surface area contributed by atoms with Crippen LogP contribution in [0.25, 0.3) is 27.5 Å². The maximum Gasteiger partial charge on any atom is 0.161 e. The lowest BCUT2D eigenvalue weighted by Crippen LogP contribution is -2.04. The van der Waals surface area contributed by atoms with E-state index in [0.717, 1.165) is 33.1 Å². The lowest BCUT2D eigenvalue weighted by atomic mass is 10.1. The van der Waals surface area contributed by atoms with Crippen molar-refractivity contribution in [1.82, 2.24) is 14.8 Å². The Morgan fingerprint density at radius 1 is 0.905 bits per heavy atom. The third kappa shape index (κ3) is 1.80. The van der Waals surface area contributed by atoms with Gasteiger partial charge in [-0.15, -0.1) is 0 Å². The van der Waals surface area contributed by atoms with E-state index in [1.807, 2.05) is 41.3 Å². The molecule has 0 saturated heterocycles. The van der Waals surface area contributed by atoms with Crippen molar-refractivity contribution in [2.75, 3.05) is 0 Å². The van der Waals surface area contributed by atoms with Gasteiger partial charge in [0, 0.05) is 23.5 Å².